The molecule has 0 bridgehead atoms. The zero-order valence-corrected chi connectivity index (χ0v) is 16.1. The van der Waals surface area contributed by atoms with Crippen molar-refractivity contribution in [2.75, 3.05) is 13.2 Å². The van der Waals surface area contributed by atoms with Crippen LogP contribution in [0.1, 0.15) is 46.9 Å². The molecule has 2 aromatic rings. The maximum absolute atomic E-state index is 12.3. The van der Waals surface area contributed by atoms with Crippen molar-refractivity contribution < 1.29 is 14.3 Å². The van der Waals surface area contributed by atoms with Gasteiger partial charge in [-0.15, -0.1) is 11.3 Å². The Labute approximate surface area is 162 Å². The summed E-state index contributed by atoms with van der Waals surface area (Å²) < 4.78 is 5.49. The van der Waals surface area contributed by atoms with E-state index in [4.69, 9.17) is 10.5 Å². The third-order valence-corrected chi connectivity index (χ3v) is 5.09. The van der Waals surface area contributed by atoms with E-state index in [0.29, 0.717) is 30.5 Å². The third kappa shape index (κ3) is 5.77. The molecule has 1 aromatic carbocycles. The molecule has 1 atom stereocenters. The summed E-state index contributed by atoms with van der Waals surface area (Å²) >= 11 is 1.44. The fraction of sp³-hybridized carbons (Fsp3) is 0.421. The number of carbonyl (C=O) groups is 2. The Kier molecular flexibility index (Phi) is 6.41. The first kappa shape index (κ1) is 19.3. The quantitative estimate of drug-likeness (QED) is 0.607. The highest BCUT2D eigenvalue weighted by Gasteiger charge is 2.23. The molecule has 0 saturated heterocycles. The molecule has 2 amide bonds. The number of rotatable bonds is 9. The normalized spacial score (nSPS) is 14.4. The number of nitrogens with zero attached hydrogens (tertiary/aromatic N) is 1. The van der Waals surface area contributed by atoms with Gasteiger partial charge in [0.25, 0.3) is 11.8 Å². The van der Waals surface area contributed by atoms with E-state index in [1.165, 1.54) is 11.3 Å². The zero-order chi connectivity index (χ0) is 19.2. The lowest BCUT2D eigenvalue weighted by Gasteiger charge is -2.14. The molecule has 1 heterocycles. The second-order valence-corrected chi connectivity index (χ2v) is 7.50. The summed E-state index contributed by atoms with van der Waals surface area (Å²) in [6, 6.07) is 7.50. The van der Waals surface area contributed by atoms with Gasteiger partial charge in [-0.2, -0.15) is 0 Å². The average Bonchev–Trinajstić information content (AvgIpc) is 3.34. The highest BCUT2D eigenvalue weighted by molar-refractivity contribution is 7.09. The van der Waals surface area contributed by atoms with Crippen molar-refractivity contribution in [1.29, 1.82) is 0 Å². The second kappa shape index (κ2) is 8.96. The number of nitrogens with two attached hydrogens (primary N) is 1. The molecule has 1 fully saturated rings. The van der Waals surface area contributed by atoms with Crippen molar-refractivity contribution in [2.24, 2.45) is 5.73 Å². The summed E-state index contributed by atoms with van der Waals surface area (Å²) in [7, 11) is 0. The molecule has 7 nitrogen and oxygen atoms in total. The summed E-state index contributed by atoms with van der Waals surface area (Å²) in [4.78, 5) is 28.3. The van der Waals surface area contributed by atoms with Crippen LogP contribution in [-0.4, -0.2) is 36.0 Å². The van der Waals surface area contributed by atoms with Gasteiger partial charge in [-0.3, -0.25) is 9.59 Å². The van der Waals surface area contributed by atoms with Crippen molar-refractivity contribution in [1.82, 2.24) is 15.6 Å². The van der Waals surface area contributed by atoms with E-state index < -0.39 is 0 Å². The summed E-state index contributed by atoms with van der Waals surface area (Å²) in [5, 5.41) is 8.42. The molecule has 0 radical (unpaired) electrons. The van der Waals surface area contributed by atoms with Crippen LogP contribution in [0.4, 0.5) is 0 Å². The molecule has 144 valence electrons. The maximum Gasteiger partial charge on any atom is 0.271 e. The van der Waals surface area contributed by atoms with E-state index in [2.05, 4.69) is 15.6 Å². The third-order valence-electron chi connectivity index (χ3n) is 4.18. The Bertz CT molecular complexity index is 787. The molecule has 27 heavy (non-hydrogen) atoms. The predicted octanol–water partition coefficient (Wildman–Crippen LogP) is 1.79. The van der Waals surface area contributed by atoms with Crippen LogP contribution < -0.4 is 21.1 Å². The van der Waals surface area contributed by atoms with Crippen molar-refractivity contribution in [3.8, 4) is 5.75 Å². The minimum atomic E-state index is -0.209. The Morgan fingerprint density at radius 2 is 2.07 bits per heavy atom. The van der Waals surface area contributed by atoms with Gasteiger partial charge < -0.3 is 21.1 Å². The first-order valence-corrected chi connectivity index (χ1v) is 9.90. The smallest absolute Gasteiger partial charge is 0.271 e. The monoisotopic (exact) mass is 388 g/mol. The van der Waals surface area contributed by atoms with E-state index in [0.717, 1.165) is 23.4 Å². The van der Waals surface area contributed by atoms with E-state index >= 15 is 0 Å². The first-order valence-electron chi connectivity index (χ1n) is 9.02. The fourth-order valence-electron chi connectivity index (χ4n) is 2.51. The highest BCUT2D eigenvalue weighted by Crippen LogP contribution is 2.20. The van der Waals surface area contributed by atoms with Gasteiger partial charge in [0, 0.05) is 17.8 Å². The van der Waals surface area contributed by atoms with Crippen molar-refractivity contribution in [2.45, 2.75) is 38.3 Å². The van der Waals surface area contributed by atoms with Crippen LogP contribution in [-0.2, 0) is 11.2 Å². The SMILES string of the molecule is CC(NC(=O)c1csc(CCN)n1)c1ccc(OCC(=O)NC2CC2)cc1. The lowest BCUT2D eigenvalue weighted by molar-refractivity contribution is -0.123. The summed E-state index contributed by atoms with van der Waals surface area (Å²) in [6.45, 7) is 2.43. The fourth-order valence-corrected chi connectivity index (χ4v) is 3.30. The van der Waals surface area contributed by atoms with Crippen LogP contribution >= 0.6 is 11.3 Å². The van der Waals surface area contributed by atoms with Crippen LogP contribution in [0.15, 0.2) is 29.6 Å². The van der Waals surface area contributed by atoms with Crippen LogP contribution in [0, 0.1) is 0 Å². The summed E-state index contributed by atoms with van der Waals surface area (Å²) in [6.07, 6.45) is 2.78. The van der Waals surface area contributed by atoms with Crippen LogP contribution in [0.3, 0.4) is 0 Å². The second-order valence-electron chi connectivity index (χ2n) is 6.56. The molecule has 0 aliphatic heterocycles. The van der Waals surface area contributed by atoms with E-state index in [-0.39, 0.29) is 24.5 Å². The van der Waals surface area contributed by atoms with E-state index in [9.17, 15) is 9.59 Å². The molecule has 1 aliphatic carbocycles. The molecule has 1 saturated carbocycles. The van der Waals surface area contributed by atoms with Crippen LogP contribution in [0.25, 0.3) is 0 Å². The standard InChI is InChI=1S/C19H24N4O3S/c1-12(21-19(25)16-11-27-18(23-16)8-9-20)13-2-6-15(7-3-13)26-10-17(24)22-14-4-5-14/h2-3,6-7,11-12,14H,4-5,8-10,20H2,1H3,(H,21,25)(H,22,24). The maximum atomic E-state index is 12.3. The van der Waals surface area contributed by atoms with Gasteiger partial charge in [0.1, 0.15) is 11.4 Å². The number of ether oxygens (including phenoxy) is 1. The number of thiazole rings is 1. The van der Waals surface area contributed by atoms with Crippen molar-refractivity contribution in [3.05, 3.63) is 45.9 Å². The molecule has 1 unspecified atom stereocenters. The van der Waals surface area contributed by atoms with Crippen molar-refractivity contribution >= 4 is 23.2 Å². The van der Waals surface area contributed by atoms with Gasteiger partial charge in [0.05, 0.1) is 11.0 Å². The minimum Gasteiger partial charge on any atom is -0.484 e. The molecular weight excluding hydrogens is 364 g/mol. The highest BCUT2D eigenvalue weighted by atomic mass is 32.1. The number of amides is 2. The molecular formula is C19H24N4O3S. The molecule has 1 aromatic heterocycles. The zero-order valence-electron chi connectivity index (χ0n) is 15.2. The van der Waals surface area contributed by atoms with Crippen LogP contribution in [0.2, 0.25) is 0 Å². The van der Waals surface area contributed by atoms with Gasteiger partial charge in [-0.05, 0) is 44.0 Å². The average molecular weight is 388 g/mol. The summed E-state index contributed by atoms with van der Waals surface area (Å²) in [5.41, 5.74) is 6.86. The number of carbonyl (C=O) groups excluding carboxylic acids is 2. The largest absolute Gasteiger partial charge is 0.484 e. The number of hydrogen-bond donors (Lipinski definition) is 3. The van der Waals surface area contributed by atoms with Crippen LogP contribution in [0.5, 0.6) is 5.75 Å². The Hall–Kier alpha value is -2.45. The molecule has 8 heteroatoms. The Balaban J connectivity index is 1.49. The Morgan fingerprint density at radius 1 is 1.33 bits per heavy atom. The van der Waals surface area contributed by atoms with E-state index in [1.807, 2.05) is 19.1 Å². The van der Waals surface area contributed by atoms with Gasteiger partial charge in [0.2, 0.25) is 0 Å². The van der Waals surface area contributed by atoms with Gasteiger partial charge in [-0.1, -0.05) is 12.1 Å². The van der Waals surface area contributed by atoms with E-state index in [1.54, 1.807) is 17.5 Å². The van der Waals surface area contributed by atoms with Gasteiger partial charge >= 0.3 is 0 Å². The molecule has 1 aliphatic rings. The van der Waals surface area contributed by atoms with Gasteiger partial charge in [0.15, 0.2) is 6.61 Å². The first-order chi connectivity index (χ1) is 13.0. The minimum absolute atomic E-state index is 0.0110. The number of hydrogen-bond acceptors (Lipinski definition) is 6. The summed E-state index contributed by atoms with van der Waals surface area (Å²) in [5.74, 6) is 0.313. The number of nitrogens with one attached hydrogen (secondary N) is 2. The molecule has 4 N–H and O–H groups in total. The topological polar surface area (TPSA) is 106 Å². The predicted molar refractivity (Wildman–Crippen MR) is 104 cm³/mol. The van der Waals surface area contributed by atoms with Gasteiger partial charge in [-0.25, -0.2) is 4.98 Å². The van der Waals surface area contributed by atoms with Crippen molar-refractivity contribution in [3.63, 3.8) is 0 Å². The molecule has 0 spiro atoms. The number of benzene rings is 1. The molecule has 3 rings (SSSR count). The Morgan fingerprint density at radius 3 is 2.74 bits per heavy atom. The number of aromatic nitrogens is 1. The lowest BCUT2D eigenvalue weighted by Crippen LogP contribution is -2.30. The lowest BCUT2D eigenvalue weighted by atomic mass is 10.1.